The molecule has 0 saturated carbocycles. The maximum atomic E-state index is 18.8. The van der Waals surface area contributed by atoms with E-state index in [2.05, 4.69) is 272 Å². The fourth-order valence-electron chi connectivity index (χ4n) is 13.8. The van der Waals surface area contributed by atoms with Gasteiger partial charge in [0.05, 0.1) is 66.9 Å². The van der Waals surface area contributed by atoms with Crippen LogP contribution in [0.5, 0.6) is 0 Å². The summed E-state index contributed by atoms with van der Waals surface area (Å²) in [6.45, 7) is 35.1. The molecular formula is C79H81F3N4. The van der Waals surface area contributed by atoms with Crippen LogP contribution in [-0.4, -0.2) is 18.3 Å². The second kappa shape index (κ2) is 20.8. The lowest BCUT2D eigenvalue weighted by Gasteiger charge is -2.28. The molecule has 0 bridgehead atoms. The Morgan fingerprint density at radius 2 is 0.395 bits per heavy atom. The molecular weight excluding hydrogens is 1060 g/mol. The number of alkyl halides is 3. The Hall–Kier alpha value is -8.03. The highest BCUT2D eigenvalue weighted by atomic mass is 19.4. The summed E-state index contributed by atoms with van der Waals surface area (Å²) >= 11 is 0. The third-order valence-electron chi connectivity index (χ3n) is 19.0. The van der Waals surface area contributed by atoms with E-state index in [1.54, 1.807) is 0 Å². The largest absolute Gasteiger partial charge is 0.420 e. The molecule has 4 aromatic heterocycles. The van der Waals surface area contributed by atoms with Crippen LogP contribution in [0.4, 0.5) is 13.2 Å². The molecule has 7 heteroatoms. The molecule has 0 aliphatic carbocycles. The predicted octanol–water partition coefficient (Wildman–Crippen LogP) is 24.1. The van der Waals surface area contributed by atoms with E-state index >= 15 is 13.2 Å². The molecule has 0 spiro atoms. The van der Waals surface area contributed by atoms with Crippen molar-refractivity contribution in [3.8, 4) is 22.7 Å². The first-order valence-electron chi connectivity index (χ1n) is 31.5. The van der Waals surface area contributed by atoms with Gasteiger partial charge in [-0.05, 0) is 195 Å². The molecule has 9 aromatic carbocycles. The highest BCUT2D eigenvalue weighted by Crippen LogP contribution is 2.52. The van der Waals surface area contributed by atoms with Crippen LogP contribution in [0, 0.1) is 0 Å². The van der Waals surface area contributed by atoms with Crippen LogP contribution < -0.4 is 0 Å². The predicted molar refractivity (Wildman–Crippen MR) is 362 cm³/mol. The topological polar surface area (TPSA) is 19.7 Å². The standard InChI is InChI=1S/C79H81F3N4/c1-42(2)50-17-25-66-58(33-50)59-34-51(43(3)4)18-26-67(59)83(66)74-41-75(84-68-27-19-52(44(5)6)35-60(68)61-36-53(45(7)8)20-28-69(61)84)78(86-72-31-23-56(48(13)14)39-64(72)65-40-57(49(15)16)24-32-73(65)86)76(79(80,81)82)77(74)85-70-29-21-54(46(9)10)37-62(70)63-38-55(47(11)12)22-30-71(63)85/h17-49H,1-16H3. The molecule has 13 aromatic rings. The van der Waals surface area contributed by atoms with Gasteiger partial charge in [-0.2, -0.15) is 13.2 Å². The second-order valence-corrected chi connectivity index (χ2v) is 27.3. The van der Waals surface area contributed by atoms with Crippen LogP contribution in [0.25, 0.3) is 110 Å². The van der Waals surface area contributed by atoms with Gasteiger partial charge in [0, 0.05) is 43.1 Å². The van der Waals surface area contributed by atoms with Gasteiger partial charge in [-0.25, -0.2) is 0 Å². The van der Waals surface area contributed by atoms with Crippen molar-refractivity contribution in [2.75, 3.05) is 0 Å². The first-order valence-corrected chi connectivity index (χ1v) is 31.5. The average Bonchev–Trinajstić information content (AvgIpc) is 1.47. The van der Waals surface area contributed by atoms with Crippen molar-refractivity contribution in [3.63, 3.8) is 0 Å². The first-order chi connectivity index (χ1) is 40.9. The minimum atomic E-state index is -4.96. The third kappa shape index (κ3) is 8.99. The zero-order valence-corrected chi connectivity index (χ0v) is 53.0. The Labute approximate surface area is 504 Å². The fourth-order valence-corrected chi connectivity index (χ4v) is 13.8. The summed E-state index contributed by atoms with van der Waals surface area (Å²) in [6, 6.07) is 54.3. The Kier molecular flexibility index (Phi) is 13.8. The van der Waals surface area contributed by atoms with Crippen LogP contribution in [-0.2, 0) is 6.18 Å². The van der Waals surface area contributed by atoms with Crippen molar-refractivity contribution < 1.29 is 13.2 Å². The highest BCUT2D eigenvalue weighted by molar-refractivity contribution is 6.15. The van der Waals surface area contributed by atoms with Gasteiger partial charge < -0.3 is 18.3 Å². The molecule has 86 heavy (non-hydrogen) atoms. The van der Waals surface area contributed by atoms with Crippen LogP contribution in [0.2, 0.25) is 0 Å². The Balaban J connectivity index is 1.36. The van der Waals surface area contributed by atoms with E-state index in [-0.39, 0.29) is 58.7 Å². The maximum Gasteiger partial charge on any atom is 0.420 e. The molecule has 438 valence electrons. The van der Waals surface area contributed by atoms with E-state index in [1.165, 1.54) is 22.3 Å². The lowest BCUT2D eigenvalue weighted by atomic mass is 9.98. The van der Waals surface area contributed by atoms with Gasteiger partial charge in [-0.3, -0.25) is 0 Å². The van der Waals surface area contributed by atoms with Gasteiger partial charge in [0.2, 0.25) is 0 Å². The molecule has 0 radical (unpaired) electrons. The molecule has 0 aliphatic rings. The zero-order chi connectivity index (χ0) is 60.8. The molecule has 0 saturated heterocycles. The van der Waals surface area contributed by atoms with Crippen molar-refractivity contribution in [2.24, 2.45) is 0 Å². The van der Waals surface area contributed by atoms with E-state index in [0.717, 1.165) is 87.4 Å². The van der Waals surface area contributed by atoms with Crippen LogP contribution >= 0.6 is 0 Å². The Bertz CT molecular complexity index is 4320. The minimum absolute atomic E-state index is 0.0723. The second-order valence-electron chi connectivity index (χ2n) is 27.3. The Morgan fingerprint density at radius 1 is 0.233 bits per heavy atom. The summed E-state index contributed by atoms with van der Waals surface area (Å²) in [5.41, 5.74) is 15.7. The molecule has 0 aliphatic heterocycles. The van der Waals surface area contributed by atoms with Crippen molar-refractivity contribution in [1.82, 2.24) is 18.3 Å². The number of benzene rings is 9. The van der Waals surface area contributed by atoms with Crippen molar-refractivity contribution in [1.29, 1.82) is 0 Å². The van der Waals surface area contributed by atoms with E-state index < -0.39 is 11.7 Å². The number of rotatable bonds is 12. The van der Waals surface area contributed by atoms with Crippen LogP contribution in [0.1, 0.15) is 208 Å². The van der Waals surface area contributed by atoms with Gasteiger partial charge in [0.15, 0.2) is 0 Å². The maximum absolute atomic E-state index is 18.8. The summed E-state index contributed by atoms with van der Waals surface area (Å²) in [5.74, 6) is 1.61. The number of nitrogens with zero attached hydrogens (tertiary/aromatic N) is 4. The molecule has 0 atom stereocenters. The number of hydrogen-bond acceptors (Lipinski definition) is 0. The number of fused-ring (bicyclic) bond motifs is 12. The molecule has 0 amide bonds. The van der Waals surface area contributed by atoms with Crippen molar-refractivity contribution in [2.45, 2.75) is 164 Å². The van der Waals surface area contributed by atoms with Gasteiger partial charge in [0.25, 0.3) is 0 Å². The van der Waals surface area contributed by atoms with E-state index in [0.29, 0.717) is 33.4 Å². The molecule has 4 heterocycles. The molecule has 0 fully saturated rings. The monoisotopic (exact) mass is 1140 g/mol. The lowest BCUT2D eigenvalue weighted by molar-refractivity contribution is -0.137. The van der Waals surface area contributed by atoms with Gasteiger partial charge in [0.1, 0.15) is 5.56 Å². The van der Waals surface area contributed by atoms with Gasteiger partial charge in [-0.1, -0.05) is 159 Å². The molecule has 0 N–H and O–H groups in total. The highest BCUT2D eigenvalue weighted by Gasteiger charge is 2.43. The summed E-state index contributed by atoms with van der Waals surface area (Å²) in [6.07, 6.45) is -4.96. The Morgan fingerprint density at radius 3 is 0.547 bits per heavy atom. The lowest BCUT2D eigenvalue weighted by Crippen LogP contribution is -2.21. The molecule has 4 nitrogen and oxygen atoms in total. The third-order valence-corrected chi connectivity index (χ3v) is 19.0. The number of aromatic nitrogens is 4. The van der Waals surface area contributed by atoms with Crippen molar-refractivity contribution >= 4 is 87.2 Å². The molecule has 13 rings (SSSR count). The van der Waals surface area contributed by atoms with Gasteiger partial charge in [-0.15, -0.1) is 0 Å². The fraction of sp³-hybridized carbons (Fsp3) is 0.316. The van der Waals surface area contributed by atoms with E-state index in [4.69, 9.17) is 0 Å². The molecule has 0 unspecified atom stereocenters. The summed E-state index contributed by atoms with van der Waals surface area (Å²) in [7, 11) is 0. The van der Waals surface area contributed by atoms with Crippen LogP contribution in [0.15, 0.2) is 152 Å². The first kappa shape index (κ1) is 57.1. The van der Waals surface area contributed by atoms with E-state index in [1.807, 2.05) is 9.13 Å². The van der Waals surface area contributed by atoms with Crippen LogP contribution in [0.3, 0.4) is 0 Å². The number of halogens is 3. The van der Waals surface area contributed by atoms with Gasteiger partial charge >= 0.3 is 6.18 Å². The minimum Gasteiger partial charge on any atom is -0.307 e. The summed E-state index contributed by atoms with van der Waals surface area (Å²) in [5, 5.41) is 7.72. The summed E-state index contributed by atoms with van der Waals surface area (Å²) in [4.78, 5) is 0. The SMILES string of the molecule is CC(C)c1ccc2c(c1)c1cc(C(C)C)ccc1n2-c1cc(-n2c3ccc(C(C)C)cc3c3cc(C(C)C)ccc32)c(-n2c3ccc(C(C)C)cc3c3cc(C(C)C)ccc32)c(C(F)(F)F)c1-n1c2ccc(C(C)C)cc2c2cc(C(C)C)ccc21. The van der Waals surface area contributed by atoms with Crippen molar-refractivity contribution in [3.05, 3.63) is 202 Å². The number of hydrogen-bond donors (Lipinski definition) is 0. The zero-order valence-electron chi connectivity index (χ0n) is 53.0. The normalized spacial score (nSPS) is 13.0. The smallest absolute Gasteiger partial charge is 0.307 e. The quantitative estimate of drug-likeness (QED) is 0.116. The average molecular weight is 1140 g/mol. The van der Waals surface area contributed by atoms with E-state index in [9.17, 15) is 0 Å². The summed E-state index contributed by atoms with van der Waals surface area (Å²) < 4.78 is 64.7.